The summed E-state index contributed by atoms with van der Waals surface area (Å²) in [6, 6.07) is 11.0. The molecule has 0 radical (unpaired) electrons. The fourth-order valence-corrected chi connectivity index (χ4v) is 6.51. The number of piperazine rings is 1. The largest absolute Gasteiger partial charge is 0.493 e. The van der Waals surface area contributed by atoms with Crippen molar-refractivity contribution in [2.24, 2.45) is 0 Å². The first-order chi connectivity index (χ1) is 17.9. The van der Waals surface area contributed by atoms with Gasteiger partial charge in [0.2, 0.25) is 15.8 Å². The van der Waals surface area contributed by atoms with Gasteiger partial charge in [0, 0.05) is 81.1 Å². The molecule has 1 fully saturated rings. The summed E-state index contributed by atoms with van der Waals surface area (Å²) in [5.41, 5.74) is 1.04. The molecule has 0 saturated carbocycles. The molecule has 0 aliphatic carbocycles. The smallest absolute Gasteiger partial charge is 0.243 e. The summed E-state index contributed by atoms with van der Waals surface area (Å²) in [7, 11) is 1.25. The highest BCUT2D eigenvalue weighted by Gasteiger charge is 2.27. The predicted octanol–water partition coefficient (Wildman–Crippen LogP) is 3.09. The Balaban J connectivity index is 1.36. The number of fused-ring (bicyclic) bond motifs is 1. The van der Waals surface area contributed by atoms with Crippen LogP contribution in [0.2, 0.25) is 0 Å². The number of benzene rings is 2. The van der Waals surface area contributed by atoms with Gasteiger partial charge < -0.3 is 14.2 Å². The lowest BCUT2D eigenvalue weighted by Crippen LogP contribution is -2.48. The monoisotopic (exact) mass is 528 g/mol. The molecule has 4 rings (SSSR count). The van der Waals surface area contributed by atoms with Crippen LogP contribution in [0.5, 0.6) is 17.2 Å². The van der Waals surface area contributed by atoms with Crippen LogP contribution in [0, 0.1) is 0 Å². The van der Waals surface area contributed by atoms with Crippen molar-refractivity contribution in [3.8, 4) is 17.2 Å². The van der Waals surface area contributed by atoms with Crippen LogP contribution < -0.4 is 14.2 Å². The van der Waals surface area contributed by atoms with Crippen molar-refractivity contribution >= 4 is 20.8 Å². The van der Waals surface area contributed by atoms with Gasteiger partial charge in [0.25, 0.3) is 0 Å². The van der Waals surface area contributed by atoms with Crippen molar-refractivity contribution in [3.05, 3.63) is 54.4 Å². The third-order valence-electron chi connectivity index (χ3n) is 6.92. The summed E-state index contributed by atoms with van der Waals surface area (Å²) in [6.07, 6.45) is 3.33. The van der Waals surface area contributed by atoms with E-state index in [1.54, 1.807) is 56.2 Å². The van der Waals surface area contributed by atoms with Crippen molar-refractivity contribution in [2.75, 3.05) is 67.1 Å². The van der Waals surface area contributed by atoms with E-state index in [2.05, 4.69) is 14.8 Å². The van der Waals surface area contributed by atoms with E-state index >= 15 is 0 Å². The average Bonchev–Trinajstić information content (AvgIpc) is 2.93. The molecule has 0 unspecified atom stereocenters. The maximum Gasteiger partial charge on any atom is 0.243 e. The van der Waals surface area contributed by atoms with Gasteiger partial charge in [0.1, 0.15) is 0 Å². The summed E-state index contributed by atoms with van der Waals surface area (Å²) < 4.78 is 45.1. The van der Waals surface area contributed by atoms with Gasteiger partial charge in [-0.25, -0.2) is 8.42 Å². The SMILES string of the molecule is CCN(CCN1CCN(Cc2ccc(OC)c(OC)c2OC)CC1)S(=O)(=O)c1cccc2cnccc12. The topological polar surface area (TPSA) is 84.4 Å². The maximum atomic E-state index is 13.5. The van der Waals surface area contributed by atoms with Crippen LogP contribution in [0.4, 0.5) is 0 Å². The molecule has 37 heavy (non-hydrogen) atoms. The molecule has 2 heterocycles. The van der Waals surface area contributed by atoms with Gasteiger partial charge in [-0.3, -0.25) is 14.8 Å². The lowest BCUT2D eigenvalue weighted by atomic mass is 10.1. The molecule has 10 heteroatoms. The van der Waals surface area contributed by atoms with Crippen LogP contribution in [0.3, 0.4) is 0 Å². The molecule has 1 aromatic heterocycles. The summed E-state index contributed by atoms with van der Waals surface area (Å²) in [5, 5.41) is 1.53. The first kappa shape index (κ1) is 27.1. The number of sulfonamides is 1. The van der Waals surface area contributed by atoms with Crippen molar-refractivity contribution in [2.45, 2.75) is 18.4 Å². The molecular formula is C27H36N4O5S. The second kappa shape index (κ2) is 12.1. The van der Waals surface area contributed by atoms with Crippen molar-refractivity contribution in [1.82, 2.24) is 19.1 Å². The van der Waals surface area contributed by atoms with Gasteiger partial charge >= 0.3 is 0 Å². The highest BCUT2D eigenvalue weighted by molar-refractivity contribution is 7.89. The van der Waals surface area contributed by atoms with E-state index in [9.17, 15) is 8.42 Å². The Labute approximate surface area is 219 Å². The zero-order valence-corrected chi connectivity index (χ0v) is 22.8. The van der Waals surface area contributed by atoms with Crippen LogP contribution in [0.25, 0.3) is 10.8 Å². The molecule has 1 aliphatic heterocycles. The second-order valence-electron chi connectivity index (χ2n) is 8.96. The highest BCUT2D eigenvalue weighted by atomic mass is 32.2. The summed E-state index contributed by atoms with van der Waals surface area (Å²) in [5.74, 6) is 1.94. The van der Waals surface area contributed by atoms with E-state index in [-0.39, 0.29) is 0 Å². The molecule has 0 bridgehead atoms. The second-order valence-corrected chi connectivity index (χ2v) is 10.9. The zero-order chi connectivity index (χ0) is 26.4. The minimum absolute atomic E-state index is 0.336. The van der Waals surface area contributed by atoms with Crippen molar-refractivity contribution in [3.63, 3.8) is 0 Å². The minimum Gasteiger partial charge on any atom is -0.493 e. The number of methoxy groups -OCH3 is 3. The Kier molecular flexibility index (Phi) is 8.86. The van der Waals surface area contributed by atoms with Gasteiger partial charge in [0.05, 0.1) is 26.2 Å². The third kappa shape index (κ3) is 5.82. The summed E-state index contributed by atoms with van der Waals surface area (Å²) >= 11 is 0. The van der Waals surface area contributed by atoms with E-state index in [0.29, 0.717) is 47.2 Å². The normalized spacial score (nSPS) is 15.3. The van der Waals surface area contributed by atoms with E-state index in [0.717, 1.165) is 43.7 Å². The van der Waals surface area contributed by atoms with Gasteiger partial charge in [-0.05, 0) is 18.2 Å². The molecule has 0 atom stereocenters. The van der Waals surface area contributed by atoms with Crippen LogP contribution >= 0.6 is 0 Å². The van der Waals surface area contributed by atoms with Gasteiger partial charge in [-0.1, -0.05) is 25.1 Å². The molecular weight excluding hydrogens is 492 g/mol. The summed E-state index contributed by atoms with van der Waals surface area (Å²) in [4.78, 5) is 9.16. The number of hydrogen-bond acceptors (Lipinski definition) is 8. The number of nitrogens with zero attached hydrogens (tertiary/aromatic N) is 4. The van der Waals surface area contributed by atoms with Crippen molar-refractivity contribution < 1.29 is 22.6 Å². The Hall–Kier alpha value is -2.92. The first-order valence-electron chi connectivity index (χ1n) is 12.5. The van der Waals surface area contributed by atoms with Gasteiger partial charge in [0.15, 0.2) is 11.5 Å². The number of aromatic nitrogens is 1. The number of pyridine rings is 1. The molecule has 9 nitrogen and oxygen atoms in total. The minimum atomic E-state index is -3.62. The Morgan fingerprint density at radius 2 is 1.65 bits per heavy atom. The van der Waals surface area contributed by atoms with Crippen LogP contribution in [0.1, 0.15) is 12.5 Å². The molecule has 3 aromatic rings. The quantitative estimate of drug-likeness (QED) is 0.376. The Morgan fingerprint density at radius 3 is 2.32 bits per heavy atom. The van der Waals surface area contributed by atoms with Gasteiger partial charge in [-0.15, -0.1) is 0 Å². The van der Waals surface area contributed by atoms with Crippen LogP contribution in [-0.4, -0.2) is 94.6 Å². The molecule has 0 amide bonds. The number of ether oxygens (including phenoxy) is 3. The van der Waals surface area contributed by atoms with Crippen molar-refractivity contribution in [1.29, 1.82) is 0 Å². The summed E-state index contributed by atoms with van der Waals surface area (Å²) in [6.45, 7) is 7.68. The van der Waals surface area contributed by atoms with Crippen LogP contribution in [-0.2, 0) is 16.6 Å². The fourth-order valence-electron chi connectivity index (χ4n) is 4.86. The fraction of sp³-hybridized carbons (Fsp3) is 0.444. The standard InChI is InChI=1S/C27H36N4O5S/c1-5-31(37(32,33)25-8-6-7-21-19-28-12-11-23(21)25)18-17-29-13-15-30(16-14-29)20-22-9-10-24(34-2)27(36-4)26(22)35-3/h6-12,19H,5,13-18,20H2,1-4H3. The number of likely N-dealkylation sites (N-methyl/N-ethyl adjacent to an activating group) is 1. The average molecular weight is 529 g/mol. The van der Waals surface area contributed by atoms with Crippen LogP contribution in [0.15, 0.2) is 53.7 Å². The molecule has 2 aromatic carbocycles. The maximum absolute atomic E-state index is 13.5. The zero-order valence-electron chi connectivity index (χ0n) is 22.0. The number of hydrogen-bond donors (Lipinski definition) is 0. The Bertz CT molecular complexity index is 1300. The Morgan fingerprint density at radius 1 is 0.919 bits per heavy atom. The van der Waals surface area contributed by atoms with Gasteiger partial charge in [-0.2, -0.15) is 4.31 Å². The number of rotatable bonds is 11. The lowest BCUT2D eigenvalue weighted by molar-refractivity contribution is 0.122. The molecule has 200 valence electrons. The first-order valence-corrected chi connectivity index (χ1v) is 13.9. The molecule has 1 aliphatic rings. The van der Waals surface area contributed by atoms with E-state index in [1.807, 2.05) is 25.1 Å². The van der Waals surface area contributed by atoms with E-state index < -0.39 is 10.0 Å². The molecule has 0 spiro atoms. The van der Waals surface area contributed by atoms with E-state index in [4.69, 9.17) is 14.2 Å². The third-order valence-corrected chi connectivity index (χ3v) is 8.95. The lowest BCUT2D eigenvalue weighted by Gasteiger charge is -2.36. The molecule has 1 saturated heterocycles. The van der Waals surface area contributed by atoms with E-state index in [1.165, 1.54) is 0 Å². The molecule has 0 N–H and O–H groups in total. The highest BCUT2D eigenvalue weighted by Crippen LogP contribution is 2.40. The predicted molar refractivity (Wildman–Crippen MR) is 144 cm³/mol.